The maximum Gasteiger partial charge on any atom is 0.0880 e. The monoisotopic (exact) mass is 186 g/mol. The Kier molecular flexibility index (Phi) is 2.35. The molecule has 1 unspecified atom stereocenters. The quantitative estimate of drug-likeness (QED) is 0.715. The molecule has 1 N–H and O–H groups in total. The van der Waals surface area contributed by atoms with Gasteiger partial charge in [0, 0.05) is 0 Å². The summed E-state index contributed by atoms with van der Waals surface area (Å²) in [4.78, 5) is 4.53. The lowest BCUT2D eigenvalue weighted by atomic mass is 9.89. The summed E-state index contributed by atoms with van der Waals surface area (Å²) >= 11 is 0. The highest BCUT2D eigenvalue weighted by molar-refractivity contribution is 5.58. The van der Waals surface area contributed by atoms with Crippen molar-refractivity contribution < 1.29 is 0 Å². The summed E-state index contributed by atoms with van der Waals surface area (Å²) in [6, 6.07) is 10.4. The Morgan fingerprint density at radius 1 is 1.29 bits per heavy atom. The van der Waals surface area contributed by atoms with Crippen LogP contribution >= 0.6 is 0 Å². The molecule has 2 rings (SSSR count). The van der Waals surface area contributed by atoms with Crippen molar-refractivity contribution in [2.24, 2.45) is 4.99 Å². The SMILES string of the molecule is CC1(c2ccccc2)CC=CNC=N1. The fourth-order valence-electron chi connectivity index (χ4n) is 1.62. The minimum atomic E-state index is -0.124. The fourth-order valence-corrected chi connectivity index (χ4v) is 1.62. The van der Waals surface area contributed by atoms with E-state index in [-0.39, 0.29) is 5.54 Å². The van der Waals surface area contributed by atoms with Crippen molar-refractivity contribution in [3.8, 4) is 0 Å². The molecule has 0 saturated heterocycles. The van der Waals surface area contributed by atoms with Crippen LogP contribution < -0.4 is 5.32 Å². The molecule has 0 saturated carbocycles. The van der Waals surface area contributed by atoms with E-state index in [9.17, 15) is 0 Å². The van der Waals surface area contributed by atoms with E-state index < -0.39 is 0 Å². The molecule has 1 aliphatic heterocycles. The van der Waals surface area contributed by atoms with Gasteiger partial charge in [-0.3, -0.25) is 4.99 Å². The average Bonchev–Trinajstić information content (AvgIpc) is 2.46. The van der Waals surface area contributed by atoms with E-state index >= 15 is 0 Å². The van der Waals surface area contributed by atoms with Crippen LogP contribution in [-0.2, 0) is 5.54 Å². The summed E-state index contributed by atoms with van der Waals surface area (Å²) in [6.07, 6.45) is 6.73. The molecule has 0 bridgehead atoms. The third-order valence-corrected chi connectivity index (χ3v) is 2.55. The summed E-state index contributed by atoms with van der Waals surface area (Å²) in [5.74, 6) is 0. The first-order valence-corrected chi connectivity index (χ1v) is 4.81. The average molecular weight is 186 g/mol. The van der Waals surface area contributed by atoms with Crippen LogP contribution in [0.25, 0.3) is 0 Å². The first-order chi connectivity index (χ1) is 6.81. The summed E-state index contributed by atoms with van der Waals surface area (Å²) in [5.41, 5.74) is 1.13. The zero-order valence-corrected chi connectivity index (χ0v) is 8.27. The fraction of sp³-hybridized carbons (Fsp3) is 0.250. The van der Waals surface area contributed by atoms with Crippen molar-refractivity contribution in [2.45, 2.75) is 18.9 Å². The lowest BCUT2D eigenvalue weighted by molar-refractivity contribution is 0.510. The van der Waals surface area contributed by atoms with E-state index in [2.05, 4.69) is 47.6 Å². The van der Waals surface area contributed by atoms with E-state index in [1.807, 2.05) is 12.3 Å². The zero-order valence-electron chi connectivity index (χ0n) is 8.27. The molecule has 0 amide bonds. The van der Waals surface area contributed by atoms with Crippen molar-refractivity contribution in [3.63, 3.8) is 0 Å². The highest BCUT2D eigenvalue weighted by atomic mass is 15.0. The second-order valence-corrected chi connectivity index (χ2v) is 3.67. The van der Waals surface area contributed by atoms with Crippen LogP contribution in [0.2, 0.25) is 0 Å². The van der Waals surface area contributed by atoms with Crippen LogP contribution in [0.1, 0.15) is 18.9 Å². The number of hydrogen-bond acceptors (Lipinski definition) is 2. The molecule has 1 aromatic rings. The smallest absolute Gasteiger partial charge is 0.0880 e. The van der Waals surface area contributed by atoms with Gasteiger partial charge < -0.3 is 5.32 Å². The number of benzene rings is 1. The van der Waals surface area contributed by atoms with Gasteiger partial charge >= 0.3 is 0 Å². The number of aliphatic imine (C=N–C) groups is 1. The number of hydrogen-bond donors (Lipinski definition) is 1. The predicted molar refractivity (Wildman–Crippen MR) is 59.2 cm³/mol. The molecule has 1 atom stereocenters. The van der Waals surface area contributed by atoms with Crippen LogP contribution in [-0.4, -0.2) is 6.34 Å². The second-order valence-electron chi connectivity index (χ2n) is 3.67. The molecule has 1 heterocycles. The summed E-state index contributed by atoms with van der Waals surface area (Å²) < 4.78 is 0. The van der Waals surface area contributed by atoms with Crippen molar-refractivity contribution in [1.29, 1.82) is 0 Å². The maximum absolute atomic E-state index is 4.53. The van der Waals surface area contributed by atoms with Crippen LogP contribution in [0.4, 0.5) is 0 Å². The molecule has 1 aliphatic rings. The molecule has 1 aromatic carbocycles. The van der Waals surface area contributed by atoms with Gasteiger partial charge in [0.1, 0.15) is 0 Å². The third kappa shape index (κ3) is 1.69. The van der Waals surface area contributed by atoms with Crippen molar-refractivity contribution in [2.75, 3.05) is 0 Å². The van der Waals surface area contributed by atoms with Crippen LogP contribution in [0, 0.1) is 0 Å². The molecule has 72 valence electrons. The van der Waals surface area contributed by atoms with Crippen molar-refractivity contribution >= 4 is 6.34 Å². The Morgan fingerprint density at radius 3 is 2.86 bits per heavy atom. The van der Waals surface area contributed by atoms with Crippen molar-refractivity contribution in [1.82, 2.24) is 5.32 Å². The standard InChI is InChI=1S/C12H14N2/c1-12(8-5-9-13-10-14-12)11-6-3-2-4-7-11/h2-7,9-10H,8H2,1H3,(H,13,14). The predicted octanol–water partition coefficient (Wildman–Crippen LogP) is 2.44. The van der Waals surface area contributed by atoms with Crippen LogP contribution in [0.5, 0.6) is 0 Å². The molecule has 14 heavy (non-hydrogen) atoms. The van der Waals surface area contributed by atoms with Crippen LogP contribution in [0.3, 0.4) is 0 Å². The normalized spacial score (nSPS) is 25.5. The van der Waals surface area contributed by atoms with E-state index in [1.54, 1.807) is 6.34 Å². The maximum atomic E-state index is 4.53. The van der Waals surface area contributed by atoms with Gasteiger partial charge in [-0.2, -0.15) is 0 Å². The molecule has 2 heteroatoms. The van der Waals surface area contributed by atoms with E-state index in [0.717, 1.165) is 6.42 Å². The molecule has 0 spiro atoms. The Bertz CT molecular complexity index is 354. The minimum absolute atomic E-state index is 0.124. The van der Waals surface area contributed by atoms with Gasteiger partial charge in [0.2, 0.25) is 0 Å². The second kappa shape index (κ2) is 3.66. The zero-order chi connectivity index (χ0) is 9.86. The molecule has 0 aliphatic carbocycles. The largest absolute Gasteiger partial charge is 0.353 e. The summed E-state index contributed by atoms with van der Waals surface area (Å²) in [6.45, 7) is 2.15. The highest BCUT2D eigenvalue weighted by Gasteiger charge is 2.23. The lowest BCUT2D eigenvalue weighted by Gasteiger charge is -2.23. The molecule has 0 radical (unpaired) electrons. The van der Waals surface area contributed by atoms with Gasteiger partial charge in [-0.25, -0.2) is 0 Å². The Balaban J connectivity index is 2.36. The molecule has 2 nitrogen and oxygen atoms in total. The van der Waals surface area contributed by atoms with Crippen molar-refractivity contribution in [3.05, 3.63) is 48.2 Å². The molecular weight excluding hydrogens is 172 g/mol. The van der Waals surface area contributed by atoms with Gasteiger partial charge in [-0.1, -0.05) is 36.4 Å². The summed E-state index contributed by atoms with van der Waals surface area (Å²) in [7, 11) is 0. The first-order valence-electron chi connectivity index (χ1n) is 4.81. The van der Waals surface area contributed by atoms with Gasteiger partial charge in [0.25, 0.3) is 0 Å². The molecular formula is C12H14N2. The Morgan fingerprint density at radius 2 is 2.07 bits per heavy atom. The van der Waals surface area contributed by atoms with Gasteiger partial charge in [0.05, 0.1) is 11.9 Å². The number of nitrogens with zero attached hydrogens (tertiary/aromatic N) is 1. The Labute approximate surface area is 84.4 Å². The highest BCUT2D eigenvalue weighted by Crippen LogP contribution is 2.29. The molecule has 0 aromatic heterocycles. The van der Waals surface area contributed by atoms with E-state index in [0.29, 0.717) is 0 Å². The number of rotatable bonds is 1. The third-order valence-electron chi connectivity index (χ3n) is 2.55. The first kappa shape index (κ1) is 9.00. The topological polar surface area (TPSA) is 24.4 Å². The molecule has 0 fully saturated rings. The van der Waals surface area contributed by atoms with Gasteiger partial charge in [-0.15, -0.1) is 0 Å². The Hall–Kier alpha value is -1.57. The van der Waals surface area contributed by atoms with Gasteiger partial charge in [0.15, 0.2) is 0 Å². The van der Waals surface area contributed by atoms with Crippen LogP contribution in [0.15, 0.2) is 47.6 Å². The van der Waals surface area contributed by atoms with E-state index in [1.165, 1.54) is 5.56 Å². The van der Waals surface area contributed by atoms with Gasteiger partial charge in [-0.05, 0) is 25.1 Å². The van der Waals surface area contributed by atoms with E-state index in [4.69, 9.17) is 0 Å². The minimum Gasteiger partial charge on any atom is -0.353 e. The number of nitrogens with one attached hydrogen (secondary N) is 1. The lowest BCUT2D eigenvalue weighted by Crippen LogP contribution is -2.18. The summed E-state index contributed by atoms with van der Waals surface area (Å²) in [5, 5.41) is 3.00.